The van der Waals surface area contributed by atoms with Gasteiger partial charge in [0, 0.05) is 10.2 Å². The summed E-state index contributed by atoms with van der Waals surface area (Å²) in [7, 11) is 0. The first-order valence-corrected chi connectivity index (χ1v) is 6.51. The Morgan fingerprint density at radius 1 is 1.40 bits per heavy atom. The van der Waals surface area contributed by atoms with Gasteiger partial charge >= 0.3 is 0 Å². The SMILES string of the molecule is C=Cc1c(S)cc(C(C)(C)C)cc1CBr. The van der Waals surface area contributed by atoms with Crippen molar-refractivity contribution < 1.29 is 0 Å². The molecule has 0 bridgehead atoms. The molecule has 2 heteroatoms. The van der Waals surface area contributed by atoms with Crippen LogP contribution >= 0.6 is 28.6 Å². The van der Waals surface area contributed by atoms with Crippen molar-refractivity contribution in [2.24, 2.45) is 0 Å². The van der Waals surface area contributed by atoms with Gasteiger partial charge in [0.2, 0.25) is 0 Å². The topological polar surface area (TPSA) is 0 Å². The lowest BCUT2D eigenvalue weighted by molar-refractivity contribution is 0.588. The van der Waals surface area contributed by atoms with Crippen LogP contribution in [0.25, 0.3) is 6.08 Å². The fraction of sp³-hybridized carbons (Fsp3) is 0.385. The lowest BCUT2D eigenvalue weighted by Gasteiger charge is -2.21. The largest absolute Gasteiger partial charge is 0.143 e. The van der Waals surface area contributed by atoms with Gasteiger partial charge in [0.25, 0.3) is 0 Å². The molecular formula is C13H17BrS. The van der Waals surface area contributed by atoms with E-state index in [4.69, 9.17) is 0 Å². The van der Waals surface area contributed by atoms with Crippen LogP contribution in [0.3, 0.4) is 0 Å². The van der Waals surface area contributed by atoms with Gasteiger partial charge in [-0.05, 0) is 28.2 Å². The number of thiol groups is 1. The Kier molecular flexibility index (Phi) is 4.07. The third-order valence-electron chi connectivity index (χ3n) is 2.46. The Labute approximate surface area is 106 Å². The van der Waals surface area contributed by atoms with E-state index in [1.165, 1.54) is 11.1 Å². The Morgan fingerprint density at radius 2 is 2.00 bits per heavy atom. The lowest BCUT2D eigenvalue weighted by atomic mass is 9.85. The molecule has 0 aliphatic carbocycles. The molecule has 1 aromatic rings. The highest BCUT2D eigenvalue weighted by atomic mass is 79.9. The number of rotatable bonds is 2. The Balaban J connectivity index is 3.38. The third-order valence-corrected chi connectivity index (χ3v) is 3.43. The molecule has 0 aliphatic rings. The van der Waals surface area contributed by atoms with Crippen molar-refractivity contribution in [1.29, 1.82) is 0 Å². The lowest BCUT2D eigenvalue weighted by Crippen LogP contribution is -2.12. The number of hydrogen-bond donors (Lipinski definition) is 1. The van der Waals surface area contributed by atoms with E-state index in [9.17, 15) is 0 Å². The van der Waals surface area contributed by atoms with Crippen LogP contribution in [0.1, 0.15) is 37.5 Å². The molecule has 15 heavy (non-hydrogen) atoms. The minimum absolute atomic E-state index is 0.161. The molecule has 0 heterocycles. The summed E-state index contributed by atoms with van der Waals surface area (Å²) < 4.78 is 0. The molecule has 0 amide bonds. The van der Waals surface area contributed by atoms with Gasteiger partial charge in [-0.15, -0.1) is 12.6 Å². The summed E-state index contributed by atoms with van der Waals surface area (Å²) in [5.74, 6) is 0. The minimum Gasteiger partial charge on any atom is -0.143 e. The van der Waals surface area contributed by atoms with E-state index in [2.05, 4.69) is 68.0 Å². The van der Waals surface area contributed by atoms with E-state index < -0.39 is 0 Å². The first-order valence-electron chi connectivity index (χ1n) is 4.95. The normalized spacial score (nSPS) is 11.5. The molecule has 0 aromatic heterocycles. The van der Waals surface area contributed by atoms with Crippen LogP contribution in [0.2, 0.25) is 0 Å². The summed E-state index contributed by atoms with van der Waals surface area (Å²) in [5.41, 5.74) is 3.85. The van der Waals surface area contributed by atoms with Gasteiger partial charge in [-0.2, -0.15) is 0 Å². The van der Waals surface area contributed by atoms with Crippen LogP contribution in [-0.2, 0) is 10.7 Å². The van der Waals surface area contributed by atoms with Crippen LogP contribution in [0.15, 0.2) is 23.6 Å². The molecule has 0 spiro atoms. The van der Waals surface area contributed by atoms with Crippen LogP contribution in [0, 0.1) is 0 Å². The molecule has 0 radical (unpaired) electrons. The molecule has 0 aliphatic heterocycles. The van der Waals surface area contributed by atoms with E-state index in [0.29, 0.717) is 0 Å². The minimum atomic E-state index is 0.161. The molecule has 0 saturated heterocycles. The quantitative estimate of drug-likeness (QED) is 0.585. The Morgan fingerprint density at radius 3 is 2.40 bits per heavy atom. The third kappa shape index (κ3) is 2.88. The zero-order valence-electron chi connectivity index (χ0n) is 9.47. The maximum Gasteiger partial charge on any atom is 0.0289 e. The van der Waals surface area contributed by atoms with Crippen LogP contribution in [-0.4, -0.2) is 0 Å². The summed E-state index contributed by atoms with van der Waals surface area (Å²) in [6, 6.07) is 4.36. The van der Waals surface area contributed by atoms with E-state index in [1.54, 1.807) is 0 Å². The summed E-state index contributed by atoms with van der Waals surface area (Å²) >= 11 is 8.01. The number of hydrogen-bond acceptors (Lipinski definition) is 1. The predicted molar refractivity (Wildman–Crippen MR) is 75.1 cm³/mol. The second-order valence-corrected chi connectivity index (χ2v) is 5.70. The molecule has 0 fully saturated rings. The Bertz CT molecular complexity index is 375. The molecule has 0 N–H and O–H groups in total. The van der Waals surface area contributed by atoms with Gasteiger partial charge in [-0.3, -0.25) is 0 Å². The monoisotopic (exact) mass is 284 g/mol. The highest BCUT2D eigenvalue weighted by molar-refractivity contribution is 9.08. The molecule has 1 aromatic carbocycles. The predicted octanol–water partition coefficient (Wildman–Crippen LogP) is 4.81. The molecule has 0 atom stereocenters. The average Bonchev–Trinajstić information content (AvgIpc) is 2.15. The molecule has 82 valence electrons. The van der Waals surface area contributed by atoms with Crippen molar-refractivity contribution in [3.05, 3.63) is 35.4 Å². The van der Waals surface area contributed by atoms with Gasteiger partial charge < -0.3 is 0 Å². The molecule has 1 rings (SSSR count). The smallest absolute Gasteiger partial charge is 0.0289 e. The van der Waals surface area contributed by atoms with E-state index in [-0.39, 0.29) is 5.41 Å². The second kappa shape index (κ2) is 4.75. The van der Waals surface area contributed by atoms with Gasteiger partial charge in [-0.1, -0.05) is 55.4 Å². The van der Waals surface area contributed by atoms with E-state index >= 15 is 0 Å². The Hall–Kier alpha value is -0.210. The first kappa shape index (κ1) is 12.9. The highest BCUT2D eigenvalue weighted by Crippen LogP contribution is 2.30. The molecule has 0 unspecified atom stereocenters. The number of alkyl halides is 1. The zero-order chi connectivity index (χ0) is 11.6. The van der Waals surface area contributed by atoms with Gasteiger partial charge in [-0.25, -0.2) is 0 Å². The maximum atomic E-state index is 4.51. The van der Waals surface area contributed by atoms with E-state index in [0.717, 1.165) is 15.8 Å². The highest BCUT2D eigenvalue weighted by Gasteiger charge is 2.16. The number of halogens is 1. The van der Waals surface area contributed by atoms with Gasteiger partial charge in [0.15, 0.2) is 0 Å². The number of benzene rings is 1. The maximum absolute atomic E-state index is 4.51. The summed E-state index contributed by atoms with van der Waals surface area (Å²) in [4.78, 5) is 1.01. The standard InChI is InChI=1S/C13H17BrS/c1-5-11-9(8-14)6-10(7-12(11)15)13(2,3)4/h5-7,15H,1,8H2,2-4H3. The van der Waals surface area contributed by atoms with E-state index in [1.807, 2.05) is 6.08 Å². The van der Waals surface area contributed by atoms with Crippen molar-refractivity contribution in [2.75, 3.05) is 0 Å². The summed E-state index contributed by atoms with van der Waals surface area (Å²) in [6.45, 7) is 10.5. The zero-order valence-corrected chi connectivity index (χ0v) is 12.0. The van der Waals surface area contributed by atoms with Crippen LogP contribution < -0.4 is 0 Å². The van der Waals surface area contributed by atoms with Gasteiger partial charge in [0.1, 0.15) is 0 Å². The van der Waals surface area contributed by atoms with Crippen molar-refractivity contribution in [1.82, 2.24) is 0 Å². The van der Waals surface area contributed by atoms with Crippen LogP contribution in [0.5, 0.6) is 0 Å². The summed E-state index contributed by atoms with van der Waals surface area (Å²) in [5, 5.41) is 0.839. The fourth-order valence-electron chi connectivity index (χ4n) is 1.48. The van der Waals surface area contributed by atoms with Crippen molar-refractivity contribution >= 4 is 34.6 Å². The van der Waals surface area contributed by atoms with Crippen LogP contribution in [0.4, 0.5) is 0 Å². The van der Waals surface area contributed by atoms with Gasteiger partial charge in [0.05, 0.1) is 0 Å². The van der Waals surface area contributed by atoms with Crippen molar-refractivity contribution in [2.45, 2.75) is 36.4 Å². The van der Waals surface area contributed by atoms with Crippen molar-refractivity contribution in [3.63, 3.8) is 0 Å². The average molecular weight is 285 g/mol. The van der Waals surface area contributed by atoms with Crippen molar-refractivity contribution in [3.8, 4) is 0 Å². The first-order chi connectivity index (χ1) is 6.90. The summed E-state index contributed by atoms with van der Waals surface area (Å²) in [6.07, 6.45) is 1.87. The molecule has 0 nitrogen and oxygen atoms in total. The second-order valence-electron chi connectivity index (χ2n) is 4.66. The molecule has 0 saturated carbocycles. The molecular weight excluding hydrogens is 268 g/mol. The fourth-order valence-corrected chi connectivity index (χ4v) is 2.31.